The maximum absolute atomic E-state index is 11.9. The molecule has 0 saturated carbocycles. The maximum Gasteiger partial charge on any atom is 0.305 e. The van der Waals surface area contributed by atoms with Crippen molar-refractivity contribution in [3.05, 3.63) is 0 Å². The quantitative estimate of drug-likeness (QED) is 0.0373. The van der Waals surface area contributed by atoms with E-state index in [0.717, 1.165) is 12.8 Å². The first-order valence-electron chi connectivity index (χ1n) is 18.2. The van der Waals surface area contributed by atoms with E-state index >= 15 is 0 Å². The van der Waals surface area contributed by atoms with Gasteiger partial charge in [0, 0.05) is 6.42 Å². The third-order valence-corrected chi connectivity index (χ3v) is 8.17. The third-order valence-electron chi connectivity index (χ3n) is 7.10. The van der Waals surface area contributed by atoms with E-state index in [1.807, 2.05) is 0 Å². The van der Waals surface area contributed by atoms with E-state index in [9.17, 15) is 4.79 Å². The maximum atomic E-state index is 11.9. The lowest BCUT2D eigenvalue weighted by molar-refractivity contribution is -0.145. The van der Waals surface area contributed by atoms with Crippen molar-refractivity contribution in [1.29, 1.82) is 0 Å². The highest BCUT2D eigenvalue weighted by atomic mass is 28.4. The highest BCUT2D eigenvalue weighted by molar-refractivity contribution is 6.69. The van der Waals surface area contributed by atoms with Crippen LogP contribution in [0.2, 0.25) is 19.6 Å². The largest absolute Gasteiger partial charge is 0.463 e. The lowest BCUT2D eigenvalue weighted by Gasteiger charge is -2.16. The molecular formula is C35H72O9Si. The predicted molar refractivity (Wildman–Crippen MR) is 185 cm³/mol. The van der Waals surface area contributed by atoms with Gasteiger partial charge in [0.15, 0.2) is 8.32 Å². The summed E-state index contributed by atoms with van der Waals surface area (Å²) in [6, 6.07) is 0. The molecule has 0 aromatic carbocycles. The van der Waals surface area contributed by atoms with Crippen molar-refractivity contribution >= 4 is 14.3 Å². The first kappa shape index (κ1) is 44.4. The molecule has 0 aromatic rings. The summed E-state index contributed by atoms with van der Waals surface area (Å²) >= 11 is 0. The monoisotopic (exact) mass is 664 g/mol. The summed E-state index contributed by atoms with van der Waals surface area (Å²) in [6.07, 6.45) is 20.3. The molecule has 10 heteroatoms. The molecule has 0 spiro atoms. The van der Waals surface area contributed by atoms with E-state index in [1.165, 1.54) is 83.5 Å². The Balaban J connectivity index is 3.15. The van der Waals surface area contributed by atoms with Gasteiger partial charge in [0.2, 0.25) is 0 Å². The Morgan fingerprint density at radius 3 is 1.02 bits per heavy atom. The van der Waals surface area contributed by atoms with Gasteiger partial charge >= 0.3 is 5.97 Å². The van der Waals surface area contributed by atoms with Gasteiger partial charge in [-0.25, -0.2) is 0 Å². The Kier molecular flexibility index (Phi) is 35.8. The number of unbranched alkanes of at least 4 members (excludes halogenated alkanes) is 14. The molecule has 0 bridgehead atoms. The van der Waals surface area contributed by atoms with Crippen LogP contribution in [0.1, 0.15) is 110 Å². The van der Waals surface area contributed by atoms with Gasteiger partial charge in [-0.3, -0.25) is 4.79 Å². The van der Waals surface area contributed by atoms with Crippen molar-refractivity contribution in [3.63, 3.8) is 0 Å². The van der Waals surface area contributed by atoms with E-state index in [2.05, 4.69) is 26.6 Å². The molecule has 0 aromatic heterocycles. The van der Waals surface area contributed by atoms with Gasteiger partial charge in [-0.2, -0.15) is 0 Å². The van der Waals surface area contributed by atoms with Crippen molar-refractivity contribution in [3.8, 4) is 0 Å². The summed E-state index contributed by atoms with van der Waals surface area (Å²) in [5.74, 6) is -0.123. The van der Waals surface area contributed by atoms with Crippen LogP contribution in [0.4, 0.5) is 0 Å². The minimum absolute atomic E-state index is 0.123. The Morgan fingerprint density at radius 1 is 0.400 bits per heavy atom. The summed E-state index contributed by atoms with van der Waals surface area (Å²) in [6.45, 7) is 15.9. The molecule has 270 valence electrons. The van der Waals surface area contributed by atoms with Crippen molar-refractivity contribution < 1.29 is 42.4 Å². The fraction of sp³-hybridized carbons (Fsp3) is 0.971. The van der Waals surface area contributed by atoms with Gasteiger partial charge < -0.3 is 37.6 Å². The lowest BCUT2D eigenvalue weighted by atomic mass is 10.0. The van der Waals surface area contributed by atoms with E-state index in [-0.39, 0.29) is 5.97 Å². The Labute approximate surface area is 278 Å². The van der Waals surface area contributed by atoms with Gasteiger partial charge in [0.25, 0.3) is 0 Å². The minimum atomic E-state index is -1.45. The zero-order valence-corrected chi connectivity index (χ0v) is 30.9. The van der Waals surface area contributed by atoms with Crippen LogP contribution >= 0.6 is 0 Å². The molecule has 0 aliphatic rings. The van der Waals surface area contributed by atoms with Gasteiger partial charge in [-0.05, 0) is 26.1 Å². The van der Waals surface area contributed by atoms with Crippen molar-refractivity contribution in [2.75, 3.05) is 92.5 Å². The molecular weight excluding hydrogens is 592 g/mol. The van der Waals surface area contributed by atoms with Gasteiger partial charge in [0.05, 0.1) is 85.9 Å². The highest BCUT2D eigenvalue weighted by Crippen LogP contribution is 2.14. The number of carbonyl (C=O) groups is 1. The normalized spacial score (nSPS) is 11.8. The third kappa shape index (κ3) is 41.4. The van der Waals surface area contributed by atoms with E-state index in [0.29, 0.717) is 98.9 Å². The van der Waals surface area contributed by atoms with Crippen LogP contribution in [0, 0.1) is 0 Å². The summed E-state index contributed by atoms with van der Waals surface area (Å²) in [7, 11) is -1.45. The number of esters is 1. The van der Waals surface area contributed by atoms with Crippen molar-refractivity contribution in [2.45, 2.75) is 129 Å². The standard InChI is InChI=1S/C35H72O9Si/c1-5-6-7-8-9-10-11-12-13-14-15-16-17-18-19-20-35(36)43-33-31-41-29-27-39-25-23-37-21-22-38-24-26-40-28-30-42-32-34-44-45(2,3)4/h5-34H2,1-4H3. The molecule has 0 unspecified atom stereocenters. The molecule has 45 heavy (non-hydrogen) atoms. The minimum Gasteiger partial charge on any atom is -0.463 e. The number of carbonyl (C=O) groups excluding carboxylic acids is 1. The van der Waals surface area contributed by atoms with E-state index < -0.39 is 8.32 Å². The SMILES string of the molecule is CCCCCCCCCCCCCCCCCC(=O)OCCOCCOCCOCCOCCOCCOCCO[Si](C)(C)C. The van der Waals surface area contributed by atoms with Gasteiger partial charge in [-0.1, -0.05) is 96.8 Å². The second-order valence-corrected chi connectivity index (χ2v) is 17.1. The molecule has 0 N–H and O–H groups in total. The second-order valence-electron chi connectivity index (χ2n) is 12.6. The molecule has 0 rings (SSSR count). The highest BCUT2D eigenvalue weighted by Gasteiger charge is 2.13. The zero-order chi connectivity index (χ0) is 32.9. The Hall–Kier alpha value is -0.593. The molecule has 9 nitrogen and oxygen atoms in total. The Morgan fingerprint density at radius 2 is 0.689 bits per heavy atom. The summed E-state index contributed by atoms with van der Waals surface area (Å²) in [4.78, 5) is 11.9. The van der Waals surface area contributed by atoms with Crippen LogP contribution in [0.5, 0.6) is 0 Å². The predicted octanol–water partition coefficient (Wildman–Crippen LogP) is 7.74. The molecule has 0 aliphatic heterocycles. The molecule has 0 radical (unpaired) electrons. The molecule has 0 aliphatic carbocycles. The van der Waals surface area contributed by atoms with Crippen LogP contribution in [0.3, 0.4) is 0 Å². The topological polar surface area (TPSA) is 90.9 Å². The van der Waals surface area contributed by atoms with Crippen molar-refractivity contribution in [1.82, 2.24) is 0 Å². The molecule has 0 heterocycles. The van der Waals surface area contributed by atoms with Crippen molar-refractivity contribution in [2.24, 2.45) is 0 Å². The average Bonchev–Trinajstić information content (AvgIpc) is 3.01. The first-order valence-corrected chi connectivity index (χ1v) is 21.6. The summed E-state index contributed by atoms with van der Waals surface area (Å²) in [5, 5.41) is 0. The van der Waals surface area contributed by atoms with Gasteiger partial charge in [-0.15, -0.1) is 0 Å². The number of ether oxygens (including phenoxy) is 7. The van der Waals surface area contributed by atoms with Crippen LogP contribution < -0.4 is 0 Å². The van der Waals surface area contributed by atoms with Crippen LogP contribution in [0.15, 0.2) is 0 Å². The van der Waals surface area contributed by atoms with E-state index in [4.69, 9.17) is 37.6 Å². The molecule has 0 atom stereocenters. The number of rotatable bonds is 38. The van der Waals surface area contributed by atoms with Crippen LogP contribution in [-0.2, 0) is 42.4 Å². The van der Waals surface area contributed by atoms with E-state index in [1.54, 1.807) is 0 Å². The first-order chi connectivity index (χ1) is 22.0. The molecule has 0 fully saturated rings. The summed E-state index contributed by atoms with van der Waals surface area (Å²) in [5.41, 5.74) is 0. The lowest BCUT2D eigenvalue weighted by Crippen LogP contribution is -2.27. The average molecular weight is 665 g/mol. The summed E-state index contributed by atoms with van der Waals surface area (Å²) < 4.78 is 43.8. The smallest absolute Gasteiger partial charge is 0.305 e. The van der Waals surface area contributed by atoms with Gasteiger partial charge in [0.1, 0.15) is 6.61 Å². The fourth-order valence-corrected chi connectivity index (χ4v) is 5.23. The molecule has 0 amide bonds. The van der Waals surface area contributed by atoms with Crippen LogP contribution in [0.25, 0.3) is 0 Å². The number of hydrogen-bond acceptors (Lipinski definition) is 9. The second kappa shape index (κ2) is 36.2. The Bertz CT molecular complexity index is 590. The fourth-order valence-electron chi connectivity index (χ4n) is 4.54. The number of hydrogen-bond donors (Lipinski definition) is 0. The van der Waals surface area contributed by atoms with Crippen LogP contribution in [-0.4, -0.2) is 107 Å². The zero-order valence-electron chi connectivity index (χ0n) is 29.9. The molecule has 0 saturated heterocycles.